The van der Waals surface area contributed by atoms with Gasteiger partial charge in [0.15, 0.2) is 0 Å². The smallest absolute Gasteiger partial charge is 0.250 e. The van der Waals surface area contributed by atoms with Gasteiger partial charge in [0.1, 0.15) is 5.82 Å². The van der Waals surface area contributed by atoms with Crippen LogP contribution in [0.3, 0.4) is 0 Å². The molecule has 2 N–H and O–H groups in total. The number of rotatable bonds is 5. The van der Waals surface area contributed by atoms with Gasteiger partial charge < -0.3 is 14.9 Å². The number of aromatic nitrogens is 3. The van der Waals surface area contributed by atoms with E-state index in [1.165, 1.54) is 0 Å². The van der Waals surface area contributed by atoms with Crippen molar-refractivity contribution >= 4 is 0 Å². The van der Waals surface area contributed by atoms with Crippen molar-refractivity contribution in [3.63, 3.8) is 0 Å². The molecule has 0 spiro atoms. The Morgan fingerprint density at radius 2 is 2.00 bits per heavy atom. The first-order valence-electron chi connectivity index (χ1n) is 5.67. The van der Waals surface area contributed by atoms with E-state index in [9.17, 15) is 4.79 Å². The van der Waals surface area contributed by atoms with Crippen LogP contribution in [0.25, 0.3) is 0 Å². The summed E-state index contributed by atoms with van der Waals surface area (Å²) in [5.41, 5.74) is 5.53. The van der Waals surface area contributed by atoms with E-state index >= 15 is 0 Å². The number of nitrogens with zero attached hydrogens (tertiary/aromatic N) is 3. The van der Waals surface area contributed by atoms with Gasteiger partial charge in [0.05, 0.1) is 0 Å². The molecule has 0 saturated carbocycles. The molecule has 90 valence electrons. The van der Waals surface area contributed by atoms with Crippen LogP contribution in [0.5, 0.6) is 0 Å². The molecule has 5 nitrogen and oxygen atoms in total. The minimum atomic E-state index is 0.0213. The van der Waals surface area contributed by atoms with Crippen LogP contribution in [0.1, 0.15) is 5.82 Å². The fraction of sp³-hybridized carbons (Fsp3) is 0.333. The van der Waals surface area contributed by atoms with Gasteiger partial charge in [-0.05, 0) is 12.6 Å². The van der Waals surface area contributed by atoms with Crippen LogP contribution in [0.15, 0.2) is 41.6 Å². The summed E-state index contributed by atoms with van der Waals surface area (Å²) in [5, 5.41) is 0. The highest BCUT2D eigenvalue weighted by molar-refractivity contribution is 4.95. The molecule has 5 heteroatoms. The second-order valence-electron chi connectivity index (χ2n) is 3.81. The lowest BCUT2D eigenvalue weighted by Gasteiger charge is -2.08. The first kappa shape index (κ1) is 11.6. The molecule has 17 heavy (non-hydrogen) atoms. The van der Waals surface area contributed by atoms with Crippen molar-refractivity contribution < 1.29 is 0 Å². The van der Waals surface area contributed by atoms with Gasteiger partial charge in [-0.3, -0.25) is 4.79 Å². The van der Waals surface area contributed by atoms with E-state index in [0.717, 1.165) is 18.8 Å². The van der Waals surface area contributed by atoms with Gasteiger partial charge in [0.25, 0.3) is 5.56 Å². The Labute approximate surface area is 99.5 Å². The summed E-state index contributed by atoms with van der Waals surface area (Å²) in [6.07, 6.45) is 6.23. The van der Waals surface area contributed by atoms with Crippen LogP contribution in [-0.2, 0) is 19.5 Å². The van der Waals surface area contributed by atoms with Gasteiger partial charge in [-0.1, -0.05) is 6.07 Å². The fourth-order valence-electron chi connectivity index (χ4n) is 1.76. The number of pyridine rings is 1. The summed E-state index contributed by atoms with van der Waals surface area (Å²) in [5.74, 6) is 0.969. The van der Waals surface area contributed by atoms with Crippen molar-refractivity contribution in [3.05, 3.63) is 53.0 Å². The van der Waals surface area contributed by atoms with Gasteiger partial charge in [-0.25, -0.2) is 4.98 Å². The molecule has 2 aromatic rings. The molecule has 2 aromatic heterocycles. The third-order valence-corrected chi connectivity index (χ3v) is 2.65. The van der Waals surface area contributed by atoms with Crippen molar-refractivity contribution in [1.29, 1.82) is 0 Å². The number of nitrogens with two attached hydrogens (primary N) is 1. The Morgan fingerprint density at radius 3 is 2.76 bits per heavy atom. The lowest BCUT2D eigenvalue weighted by atomic mass is 10.4. The summed E-state index contributed by atoms with van der Waals surface area (Å²) < 4.78 is 3.72. The van der Waals surface area contributed by atoms with Gasteiger partial charge >= 0.3 is 0 Å². The largest absolute Gasteiger partial charge is 0.333 e. The first-order valence-corrected chi connectivity index (χ1v) is 5.67. The van der Waals surface area contributed by atoms with E-state index in [0.29, 0.717) is 13.1 Å². The predicted molar refractivity (Wildman–Crippen MR) is 65.7 cm³/mol. The zero-order chi connectivity index (χ0) is 12.1. The highest BCUT2D eigenvalue weighted by Crippen LogP contribution is 1.98. The van der Waals surface area contributed by atoms with Crippen molar-refractivity contribution in [1.82, 2.24) is 14.1 Å². The Kier molecular flexibility index (Phi) is 3.72. The number of hydrogen-bond acceptors (Lipinski definition) is 3. The van der Waals surface area contributed by atoms with E-state index in [-0.39, 0.29) is 5.56 Å². The zero-order valence-corrected chi connectivity index (χ0v) is 9.62. The molecular weight excluding hydrogens is 216 g/mol. The molecule has 0 atom stereocenters. The van der Waals surface area contributed by atoms with E-state index in [1.54, 1.807) is 29.1 Å². The molecule has 0 aliphatic carbocycles. The fourth-order valence-corrected chi connectivity index (χ4v) is 1.76. The molecule has 0 bridgehead atoms. The normalized spacial score (nSPS) is 10.6. The standard InChI is InChI=1S/C12H16N4O/c13-5-4-11-14-6-8-15(11)9-10-16-7-2-1-3-12(16)17/h1-3,6-8H,4-5,9-10,13H2. The first-order chi connectivity index (χ1) is 8.31. The maximum absolute atomic E-state index is 11.5. The molecule has 2 rings (SSSR count). The average molecular weight is 232 g/mol. The van der Waals surface area contributed by atoms with Crippen molar-refractivity contribution in [3.8, 4) is 0 Å². The van der Waals surface area contributed by atoms with E-state index in [2.05, 4.69) is 4.98 Å². The zero-order valence-electron chi connectivity index (χ0n) is 9.62. The third-order valence-electron chi connectivity index (χ3n) is 2.65. The Bertz CT molecular complexity index is 529. The lowest BCUT2D eigenvalue weighted by Crippen LogP contribution is -2.21. The lowest BCUT2D eigenvalue weighted by molar-refractivity contribution is 0.547. The van der Waals surface area contributed by atoms with E-state index in [1.807, 2.05) is 16.8 Å². The quantitative estimate of drug-likeness (QED) is 0.803. The molecule has 0 aromatic carbocycles. The molecule has 0 aliphatic heterocycles. The summed E-state index contributed by atoms with van der Waals surface area (Å²) >= 11 is 0. The Balaban J connectivity index is 2.05. The third kappa shape index (κ3) is 2.82. The topological polar surface area (TPSA) is 65.8 Å². The molecule has 2 heterocycles. The number of hydrogen-bond donors (Lipinski definition) is 1. The molecule has 0 saturated heterocycles. The maximum atomic E-state index is 11.5. The Hall–Kier alpha value is -1.88. The number of imidazole rings is 1. The summed E-state index contributed by atoms with van der Waals surface area (Å²) in [7, 11) is 0. The van der Waals surface area contributed by atoms with Gasteiger partial charge in [0, 0.05) is 44.2 Å². The van der Waals surface area contributed by atoms with Crippen LogP contribution < -0.4 is 11.3 Å². The SMILES string of the molecule is NCCc1nccn1CCn1ccccc1=O. The molecule has 0 fully saturated rings. The minimum Gasteiger partial charge on any atom is -0.333 e. The van der Waals surface area contributed by atoms with Crippen LogP contribution in [-0.4, -0.2) is 20.7 Å². The summed E-state index contributed by atoms with van der Waals surface area (Å²) in [4.78, 5) is 15.7. The van der Waals surface area contributed by atoms with Crippen molar-refractivity contribution in [2.24, 2.45) is 5.73 Å². The van der Waals surface area contributed by atoms with E-state index < -0.39 is 0 Å². The Morgan fingerprint density at radius 1 is 1.18 bits per heavy atom. The second kappa shape index (κ2) is 5.45. The van der Waals surface area contributed by atoms with Gasteiger partial charge in [0.2, 0.25) is 0 Å². The van der Waals surface area contributed by atoms with Gasteiger partial charge in [-0.15, -0.1) is 0 Å². The molecular formula is C12H16N4O. The molecule has 0 unspecified atom stereocenters. The average Bonchev–Trinajstić information content (AvgIpc) is 2.76. The van der Waals surface area contributed by atoms with Crippen molar-refractivity contribution in [2.75, 3.05) is 6.54 Å². The monoisotopic (exact) mass is 232 g/mol. The van der Waals surface area contributed by atoms with Crippen LogP contribution in [0, 0.1) is 0 Å². The molecule has 0 aliphatic rings. The molecule has 0 amide bonds. The predicted octanol–water partition coefficient (Wildman–Crippen LogP) is 0.246. The van der Waals surface area contributed by atoms with Crippen LogP contribution in [0.2, 0.25) is 0 Å². The highest BCUT2D eigenvalue weighted by Gasteiger charge is 2.01. The van der Waals surface area contributed by atoms with Gasteiger partial charge in [-0.2, -0.15) is 0 Å². The van der Waals surface area contributed by atoms with E-state index in [4.69, 9.17) is 5.73 Å². The number of aryl methyl sites for hydroxylation is 2. The van der Waals surface area contributed by atoms with Crippen molar-refractivity contribution in [2.45, 2.75) is 19.5 Å². The molecule has 0 radical (unpaired) electrons. The maximum Gasteiger partial charge on any atom is 0.250 e. The summed E-state index contributed by atoms with van der Waals surface area (Å²) in [6, 6.07) is 5.17. The van der Waals surface area contributed by atoms with Crippen LogP contribution >= 0.6 is 0 Å². The minimum absolute atomic E-state index is 0.0213. The highest BCUT2D eigenvalue weighted by atomic mass is 16.1. The summed E-state index contributed by atoms with van der Waals surface area (Å²) in [6.45, 7) is 1.97. The second-order valence-corrected chi connectivity index (χ2v) is 3.81. The van der Waals surface area contributed by atoms with Crippen LogP contribution in [0.4, 0.5) is 0 Å².